The maximum atomic E-state index is 12.8. The molecule has 95 heavy (non-hydrogen) atoms. The molecule has 0 spiro atoms. The number of rotatable bonds is 14. The molecule has 5 heteroatoms. The summed E-state index contributed by atoms with van der Waals surface area (Å²) in [5.74, 6) is 0. The number of aryl methyl sites for hydroxylation is 1. The molecule has 18 rings (SSSR count). The van der Waals surface area contributed by atoms with Crippen molar-refractivity contribution >= 4 is 87.2 Å². The molecule has 14 aromatic carbocycles. The van der Waals surface area contributed by atoms with Crippen molar-refractivity contribution in [3.63, 3.8) is 0 Å². The zero-order chi connectivity index (χ0) is 62.9. The van der Waals surface area contributed by atoms with E-state index in [4.69, 9.17) is 0 Å². The van der Waals surface area contributed by atoms with Crippen LogP contribution in [0.15, 0.2) is 322 Å². The van der Waals surface area contributed by atoms with Gasteiger partial charge in [0.1, 0.15) is 0 Å². The fraction of sp³-hybridized carbons (Fsp3) is 0.0556. The van der Waals surface area contributed by atoms with Crippen LogP contribution in [0.3, 0.4) is 0 Å². The summed E-state index contributed by atoms with van der Waals surface area (Å²) in [6, 6.07) is 121. The van der Waals surface area contributed by atoms with Crippen molar-refractivity contribution in [1.29, 1.82) is 5.26 Å². The van der Waals surface area contributed by atoms with Gasteiger partial charge in [-0.25, -0.2) is 0 Å². The third-order valence-electron chi connectivity index (χ3n) is 20.2. The first-order valence-corrected chi connectivity index (χ1v) is 33.0. The third-order valence-corrected chi connectivity index (χ3v) is 20.2. The van der Waals surface area contributed by atoms with Crippen molar-refractivity contribution in [2.45, 2.75) is 32.6 Å². The maximum Gasteiger partial charge on any atom is 0.0999 e. The van der Waals surface area contributed by atoms with Crippen molar-refractivity contribution in [1.82, 2.24) is 18.3 Å². The number of hydrogen-bond acceptors (Lipinski definition) is 1. The lowest BCUT2D eigenvalue weighted by Crippen LogP contribution is -2.18. The van der Waals surface area contributed by atoms with Crippen LogP contribution < -0.4 is 0 Å². The second-order valence-corrected chi connectivity index (χ2v) is 25.3. The molecule has 0 fully saturated rings. The lowest BCUT2D eigenvalue weighted by molar-refractivity contribution is 0.721. The molecule has 5 nitrogen and oxygen atoms in total. The Balaban J connectivity index is 0.954. The van der Waals surface area contributed by atoms with Gasteiger partial charge in [0, 0.05) is 107 Å². The smallest absolute Gasteiger partial charge is 0.0999 e. The number of nitrogens with zero attached hydrogens (tertiary/aromatic N) is 5. The van der Waals surface area contributed by atoms with E-state index in [1.165, 1.54) is 93.1 Å². The molecule has 0 saturated carbocycles. The van der Waals surface area contributed by atoms with Crippen molar-refractivity contribution in [2.75, 3.05) is 0 Å². The Kier molecular flexibility index (Phi) is 13.6. The molecule has 448 valence electrons. The highest BCUT2D eigenvalue weighted by Gasteiger charge is 2.29. The number of aromatic nitrogens is 4. The van der Waals surface area contributed by atoms with E-state index < -0.39 is 0 Å². The highest BCUT2D eigenvalue weighted by molar-refractivity contribution is 6.13. The fourth-order valence-corrected chi connectivity index (χ4v) is 15.8. The van der Waals surface area contributed by atoms with Gasteiger partial charge in [-0.3, -0.25) is 0 Å². The average molecular weight is 1210 g/mol. The summed E-state index contributed by atoms with van der Waals surface area (Å²) in [7, 11) is 0. The van der Waals surface area contributed by atoms with E-state index in [2.05, 4.69) is 346 Å². The Labute approximate surface area is 551 Å². The zero-order valence-corrected chi connectivity index (χ0v) is 52.4. The Hall–Kier alpha value is -12.2. The molecule has 0 aliphatic rings. The van der Waals surface area contributed by atoms with E-state index in [1.54, 1.807) is 0 Å². The molecule has 4 heterocycles. The summed E-state index contributed by atoms with van der Waals surface area (Å²) in [6.45, 7) is 2.08. The Morgan fingerprint density at radius 1 is 0.221 bits per heavy atom. The van der Waals surface area contributed by atoms with Crippen LogP contribution in [0, 0.1) is 11.3 Å². The van der Waals surface area contributed by atoms with Gasteiger partial charge in [-0.05, 0) is 157 Å². The molecule has 0 atom stereocenters. The van der Waals surface area contributed by atoms with E-state index >= 15 is 0 Å². The molecule has 0 saturated heterocycles. The number of hydrogen-bond donors (Lipinski definition) is 0. The lowest BCUT2D eigenvalue weighted by Gasteiger charge is -2.27. The van der Waals surface area contributed by atoms with Crippen LogP contribution in [0.4, 0.5) is 0 Å². The molecule has 0 unspecified atom stereocenters. The summed E-state index contributed by atoms with van der Waals surface area (Å²) in [5.41, 5.74) is 25.9. The summed E-state index contributed by atoms with van der Waals surface area (Å²) < 4.78 is 10.1. The SMILES string of the molecule is N#Cc1c(Cn2c3ccccc3c3ccccc32)c(Cn2c3ccc(-c4ccccc4)cc3c3cc(-c4ccccc4)ccc32)c(CCn2c3ccccc3c3ccccc32)c(-c2ccccc2)c1Cn1c2ccc(-c3ccccc3)cc2c2cc(-c3ccccc3)ccc21. The summed E-state index contributed by atoms with van der Waals surface area (Å²) in [6.07, 6.45) is 0.669. The first-order valence-electron chi connectivity index (χ1n) is 33.0. The summed E-state index contributed by atoms with van der Waals surface area (Å²) in [4.78, 5) is 0. The monoisotopic (exact) mass is 1210 g/mol. The van der Waals surface area contributed by atoms with Crippen LogP contribution in [0.5, 0.6) is 0 Å². The van der Waals surface area contributed by atoms with Crippen molar-refractivity contribution in [3.8, 4) is 61.7 Å². The van der Waals surface area contributed by atoms with Crippen LogP contribution in [0.2, 0.25) is 0 Å². The fourth-order valence-electron chi connectivity index (χ4n) is 15.8. The number of benzene rings is 14. The minimum atomic E-state index is 0.436. The van der Waals surface area contributed by atoms with Crippen molar-refractivity contribution in [3.05, 3.63) is 349 Å². The van der Waals surface area contributed by atoms with Crippen LogP contribution >= 0.6 is 0 Å². The van der Waals surface area contributed by atoms with E-state index in [0.29, 0.717) is 38.2 Å². The second-order valence-electron chi connectivity index (χ2n) is 25.3. The predicted octanol–water partition coefficient (Wildman–Crippen LogP) is 22.7. The Morgan fingerprint density at radius 2 is 0.495 bits per heavy atom. The first kappa shape index (κ1) is 55.6. The van der Waals surface area contributed by atoms with Gasteiger partial charge in [0.15, 0.2) is 0 Å². The van der Waals surface area contributed by atoms with E-state index in [1.807, 2.05) is 0 Å². The first-order chi connectivity index (χ1) is 47.1. The molecule has 0 aliphatic carbocycles. The van der Waals surface area contributed by atoms with E-state index in [0.717, 1.165) is 72.0 Å². The topological polar surface area (TPSA) is 43.5 Å². The maximum absolute atomic E-state index is 12.8. The minimum Gasteiger partial charge on any atom is -0.340 e. The van der Waals surface area contributed by atoms with Gasteiger partial charge in [0.2, 0.25) is 0 Å². The number of nitriles is 1. The van der Waals surface area contributed by atoms with Crippen LogP contribution in [0.1, 0.15) is 27.8 Å². The molecular weight excluding hydrogens is 1150 g/mol. The molecule has 0 amide bonds. The van der Waals surface area contributed by atoms with Crippen LogP contribution in [-0.4, -0.2) is 18.3 Å². The van der Waals surface area contributed by atoms with Gasteiger partial charge >= 0.3 is 0 Å². The van der Waals surface area contributed by atoms with E-state index in [9.17, 15) is 5.26 Å². The third kappa shape index (κ3) is 9.44. The normalized spacial score (nSPS) is 11.8. The molecule has 4 aromatic heterocycles. The standard InChI is InChI=1S/C90H63N5/c91-56-78-80(58-93-84-40-22-18-36-71(84)72-37-19-23-41-85(72)93)79(57-94-86-46-42-65(60-24-6-1-7-25-60)52-74(86)75-53-66(43-47-87(75)94)61-26-8-2-9-27-61)73(50-51-92-82-38-20-16-34-69(82)70-35-17-21-39-83(70)92)90(64-32-14-5-15-33-64)81(78)59-95-88-48-44-67(62-28-10-3-11-29-62)54-76(88)77-55-68(45-49-89(77)95)63-30-12-4-13-31-63/h1-49,52-55H,50-51,57-59H2. The number of para-hydroxylation sites is 4. The summed E-state index contributed by atoms with van der Waals surface area (Å²) >= 11 is 0. The van der Waals surface area contributed by atoms with Gasteiger partial charge in [-0.1, -0.05) is 249 Å². The molecular formula is C90H63N5. The van der Waals surface area contributed by atoms with E-state index in [-0.39, 0.29) is 0 Å². The molecule has 0 N–H and O–H groups in total. The quantitative estimate of drug-likeness (QED) is 0.107. The van der Waals surface area contributed by atoms with Crippen molar-refractivity contribution in [2.24, 2.45) is 0 Å². The molecule has 0 aliphatic heterocycles. The summed E-state index contributed by atoms with van der Waals surface area (Å²) in [5, 5.41) is 22.4. The average Bonchev–Trinajstić information content (AvgIpc) is 1.69. The van der Waals surface area contributed by atoms with Gasteiger partial charge in [0.25, 0.3) is 0 Å². The highest BCUT2D eigenvalue weighted by atomic mass is 15.0. The largest absolute Gasteiger partial charge is 0.340 e. The van der Waals surface area contributed by atoms with Gasteiger partial charge < -0.3 is 18.3 Å². The minimum absolute atomic E-state index is 0.436. The molecule has 18 aromatic rings. The van der Waals surface area contributed by atoms with Gasteiger partial charge in [0.05, 0.1) is 18.2 Å². The predicted molar refractivity (Wildman–Crippen MR) is 397 cm³/mol. The van der Waals surface area contributed by atoms with Crippen molar-refractivity contribution < 1.29 is 0 Å². The zero-order valence-electron chi connectivity index (χ0n) is 52.4. The van der Waals surface area contributed by atoms with Gasteiger partial charge in [-0.2, -0.15) is 5.26 Å². The lowest BCUT2D eigenvalue weighted by atomic mass is 9.82. The van der Waals surface area contributed by atoms with Crippen LogP contribution in [0.25, 0.3) is 143 Å². The second kappa shape index (κ2) is 23.2. The number of fused-ring (bicyclic) bond motifs is 12. The molecule has 0 bridgehead atoms. The van der Waals surface area contributed by atoms with Gasteiger partial charge in [-0.15, -0.1) is 0 Å². The molecule has 0 radical (unpaired) electrons. The van der Waals surface area contributed by atoms with Crippen LogP contribution in [-0.2, 0) is 32.6 Å². The highest BCUT2D eigenvalue weighted by Crippen LogP contribution is 2.45. The Bertz CT molecular complexity index is 5740. The Morgan fingerprint density at radius 3 is 0.832 bits per heavy atom.